The van der Waals surface area contributed by atoms with Crippen LogP contribution < -0.4 is 5.32 Å². The van der Waals surface area contributed by atoms with Crippen LogP contribution >= 0.6 is 11.3 Å². The first-order valence-electron chi connectivity index (χ1n) is 8.26. The molecule has 1 aromatic carbocycles. The molecule has 5 heteroatoms. The standard InChI is InChI=1S/C18H23FN2OS/c1-3-16-21-15-6-4-5-14(18(15)23-16)20-11(2)17(22)12-7-9-13(19)10-8-12/h7-11,14,17,20,22H,3-6H2,1-2H3. The van der Waals surface area contributed by atoms with Crippen LogP contribution in [0, 0.1) is 5.82 Å². The van der Waals surface area contributed by atoms with Gasteiger partial charge in [-0.3, -0.25) is 0 Å². The number of aryl methyl sites for hydroxylation is 2. The highest BCUT2D eigenvalue weighted by Gasteiger charge is 2.27. The third-order valence-corrected chi connectivity index (χ3v) is 5.80. The molecule has 0 saturated carbocycles. The van der Waals surface area contributed by atoms with Crippen molar-refractivity contribution < 1.29 is 9.50 Å². The molecule has 3 unspecified atom stereocenters. The molecule has 0 spiro atoms. The van der Waals surface area contributed by atoms with Crippen LogP contribution in [0.25, 0.3) is 0 Å². The van der Waals surface area contributed by atoms with E-state index in [2.05, 4.69) is 12.2 Å². The number of aliphatic hydroxyl groups excluding tert-OH is 1. The quantitative estimate of drug-likeness (QED) is 0.871. The van der Waals surface area contributed by atoms with Gasteiger partial charge in [0.15, 0.2) is 0 Å². The van der Waals surface area contributed by atoms with Crippen LogP contribution in [0.1, 0.15) is 60.0 Å². The van der Waals surface area contributed by atoms with Gasteiger partial charge in [-0.05, 0) is 50.3 Å². The van der Waals surface area contributed by atoms with E-state index in [4.69, 9.17) is 4.98 Å². The fourth-order valence-corrected chi connectivity index (χ4v) is 4.29. The van der Waals surface area contributed by atoms with Gasteiger partial charge >= 0.3 is 0 Å². The van der Waals surface area contributed by atoms with Crippen LogP contribution in [-0.2, 0) is 12.8 Å². The van der Waals surface area contributed by atoms with Crippen molar-refractivity contribution in [1.29, 1.82) is 0 Å². The fraction of sp³-hybridized carbons (Fsp3) is 0.500. The highest BCUT2D eigenvalue weighted by Crippen LogP contribution is 2.35. The van der Waals surface area contributed by atoms with Gasteiger partial charge in [0.1, 0.15) is 5.82 Å². The number of hydrogen-bond acceptors (Lipinski definition) is 4. The molecule has 1 heterocycles. The number of benzene rings is 1. The third kappa shape index (κ3) is 3.62. The van der Waals surface area contributed by atoms with Crippen molar-refractivity contribution in [3.8, 4) is 0 Å². The number of nitrogens with one attached hydrogen (secondary N) is 1. The Balaban J connectivity index is 1.72. The summed E-state index contributed by atoms with van der Waals surface area (Å²) in [7, 11) is 0. The van der Waals surface area contributed by atoms with Gasteiger partial charge in [-0.1, -0.05) is 19.1 Å². The SMILES string of the molecule is CCc1nc2c(s1)C(NC(C)C(O)c1ccc(F)cc1)CCC2. The molecule has 3 atom stereocenters. The monoisotopic (exact) mass is 334 g/mol. The molecule has 2 N–H and O–H groups in total. The third-order valence-electron chi connectivity index (χ3n) is 4.45. The summed E-state index contributed by atoms with van der Waals surface area (Å²) < 4.78 is 13.0. The topological polar surface area (TPSA) is 45.2 Å². The fourth-order valence-electron chi connectivity index (χ4n) is 3.14. The number of aromatic nitrogens is 1. The van der Waals surface area contributed by atoms with Gasteiger partial charge in [-0.15, -0.1) is 11.3 Å². The van der Waals surface area contributed by atoms with Crippen LogP contribution in [0.2, 0.25) is 0 Å². The molecule has 0 fully saturated rings. The molecule has 2 aromatic rings. The maximum atomic E-state index is 13.0. The molecule has 124 valence electrons. The van der Waals surface area contributed by atoms with Crippen molar-refractivity contribution in [3.63, 3.8) is 0 Å². The van der Waals surface area contributed by atoms with Crippen molar-refractivity contribution in [2.24, 2.45) is 0 Å². The first-order chi connectivity index (χ1) is 11.1. The molecule has 0 aliphatic heterocycles. The lowest BCUT2D eigenvalue weighted by molar-refractivity contribution is 0.127. The second kappa shape index (κ2) is 7.07. The molecule has 23 heavy (non-hydrogen) atoms. The summed E-state index contributed by atoms with van der Waals surface area (Å²) in [5.41, 5.74) is 1.96. The Hall–Kier alpha value is -1.30. The minimum absolute atomic E-state index is 0.108. The van der Waals surface area contributed by atoms with Gasteiger partial charge in [0.25, 0.3) is 0 Å². The zero-order chi connectivity index (χ0) is 16.4. The van der Waals surface area contributed by atoms with Crippen molar-refractivity contribution in [2.45, 2.75) is 57.7 Å². The highest BCUT2D eigenvalue weighted by molar-refractivity contribution is 7.11. The zero-order valence-corrected chi connectivity index (χ0v) is 14.4. The molecular weight excluding hydrogens is 311 g/mol. The molecule has 1 aromatic heterocycles. The summed E-state index contributed by atoms with van der Waals surface area (Å²) in [4.78, 5) is 6.04. The molecule has 0 bridgehead atoms. The second-order valence-electron chi connectivity index (χ2n) is 6.17. The van der Waals surface area contributed by atoms with Crippen molar-refractivity contribution in [2.75, 3.05) is 0 Å². The van der Waals surface area contributed by atoms with E-state index in [1.807, 2.05) is 6.92 Å². The number of fused-ring (bicyclic) bond motifs is 1. The Kier molecular flexibility index (Phi) is 5.09. The van der Waals surface area contributed by atoms with Crippen LogP contribution in [-0.4, -0.2) is 16.1 Å². The molecule has 3 rings (SSSR count). The Morgan fingerprint density at radius 3 is 2.83 bits per heavy atom. The lowest BCUT2D eigenvalue weighted by Crippen LogP contribution is -2.36. The van der Waals surface area contributed by atoms with Gasteiger partial charge < -0.3 is 10.4 Å². The van der Waals surface area contributed by atoms with Gasteiger partial charge in [-0.2, -0.15) is 0 Å². The van der Waals surface area contributed by atoms with Gasteiger partial charge in [0.05, 0.1) is 16.8 Å². The zero-order valence-electron chi connectivity index (χ0n) is 13.6. The van der Waals surface area contributed by atoms with E-state index >= 15 is 0 Å². The molecule has 0 amide bonds. The largest absolute Gasteiger partial charge is 0.387 e. The first kappa shape index (κ1) is 16.6. The summed E-state index contributed by atoms with van der Waals surface area (Å²) in [5.74, 6) is -0.282. The normalized spacial score (nSPS) is 20.1. The Labute approximate surface area is 140 Å². The summed E-state index contributed by atoms with van der Waals surface area (Å²) in [6.07, 6.45) is 3.56. The van der Waals surface area contributed by atoms with Crippen LogP contribution in [0.3, 0.4) is 0 Å². The number of hydrogen-bond donors (Lipinski definition) is 2. The average Bonchev–Trinajstić information content (AvgIpc) is 2.99. The Morgan fingerprint density at radius 1 is 1.39 bits per heavy atom. The minimum atomic E-state index is -0.653. The van der Waals surface area contributed by atoms with E-state index in [1.54, 1.807) is 23.5 Å². The second-order valence-corrected chi connectivity index (χ2v) is 7.28. The van der Waals surface area contributed by atoms with Crippen LogP contribution in [0.5, 0.6) is 0 Å². The minimum Gasteiger partial charge on any atom is -0.387 e. The summed E-state index contributed by atoms with van der Waals surface area (Å²) in [6.45, 7) is 4.11. The number of thiazole rings is 1. The van der Waals surface area contributed by atoms with E-state index in [-0.39, 0.29) is 17.9 Å². The summed E-state index contributed by atoms with van der Waals surface area (Å²) in [5, 5.41) is 15.3. The van der Waals surface area contributed by atoms with Crippen molar-refractivity contribution in [1.82, 2.24) is 10.3 Å². The molecular formula is C18H23FN2OS. The van der Waals surface area contributed by atoms with Gasteiger partial charge in [-0.25, -0.2) is 9.37 Å². The predicted molar refractivity (Wildman–Crippen MR) is 91.1 cm³/mol. The lowest BCUT2D eigenvalue weighted by atomic mass is 9.95. The van der Waals surface area contributed by atoms with Crippen molar-refractivity contribution in [3.05, 3.63) is 51.2 Å². The lowest BCUT2D eigenvalue weighted by Gasteiger charge is -2.29. The Morgan fingerprint density at radius 2 is 2.13 bits per heavy atom. The molecule has 1 aliphatic carbocycles. The number of halogens is 1. The molecule has 0 saturated heterocycles. The smallest absolute Gasteiger partial charge is 0.123 e. The van der Waals surface area contributed by atoms with Crippen LogP contribution in [0.15, 0.2) is 24.3 Å². The van der Waals surface area contributed by atoms with E-state index in [0.717, 1.165) is 31.2 Å². The predicted octanol–water partition coefficient (Wildman–Crippen LogP) is 3.93. The number of nitrogens with zero attached hydrogens (tertiary/aromatic N) is 1. The number of aliphatic hydroxyl groups is 1. The van der Waals surface area contributed by atoms with Gasteiger partial charge in [0.2, 0.25) is 0 Å². The van der Waals surface area contributed by atoms with Gasteiger partial charge in [0, 0.05) is 17.0 Å². The molecule has 1 aliphatic rings. The molecule has 0 radical (unpaired) electrons. The van der Waals surface area contributed by atoms with E-state index in [0.29, 0.717) is 0 Å². The average molecular weight is 334 g/mol. The van der Waals surface area contributed by atoms with E-state index < -0.39 is 6.10 Å². The summed E-state index contributed by atoms with van der Waals surface area (Å²) in [6, 6.07) is 6.21. The van der Waals surface area contributed by atoms with Crippen LogP contribution in [0.4, 0.5) is 4.39 Å². The summed E-state index contributed by atoms with van der Waals surface area (Å²) >= 11 is 1.79. The van der Waals surface area contributed by atoms with Crippen molar-refractivity contribution >= 4 is 11.3 Å². The maximum Gasteiger partial charge on any atom is 0.123 e. The number of rotatable bonds is 5. The molecule has 3 nitrogen and oxygen atoms in total. The maximum absolute atomic E-state index is 13.0. The Bertz CT molecular complexity index is 656. The highest BCUT2D eigenvalue weighted by atomic mass is 32.1. The van der Waals surface area contributed by atoms with E-state index in [9.17, 15) is 9.50 Å². The first-order valence-corrected chi connectivity index (χ1v) is 9.08. The van der Waals surface area contributed by atoms with E-state index in [1.165, 1.54) is 27.7 Å².